The summed E-state index contributed by atoms with van der Waals surface area (Å²) in [7, 11) is -3.82. The van der Waals surface area contributed by atoms with Crippen LogP contribution < -0.4 is 4.90 Å². The number of aryl methyl sites for hydroxylation is 1. The fourth-order valence-corrected chi connectivity index (χ4v) is 4.23. The predicted molar refractivity (Wildman–Crippen MR) is 88.5 cm³/mol. The van der Waals surface area contributed by atoms with Crippen LogP contribution in [0.15, 0.2) is 47.4 Å². The van der Waals surface area contributed by atoms with Crippen LogP contribution in [0.4, 0.5) is 14.5 Å². The summed E-state index contributed by atoms with van der Waals surface area (Å²) in [4.78, 5) is 1.90. The van der Waals surface area contributed by atoms with Crippen molar-refractivity contribution in [3.63, 3.8) is 0 Å². The Labute approximate surface area is 140 Å². The fourth-order valence-electron chi connectivity index (χ4n) is 2.80. The molecule has 0 aliphatic carbocycles. The molecule has 1 fully saturated rings. The quantitative estimate of drug-likeness (QED) is 0.853. The summed E-state index contributed by atoms with van der Waals surface area (Å²) in [6, 6.07) is 10.7. The lowest BCUT2D eigenvalue weighted by molar-refractivity contribution is 0.384. The number of hydrogen-bond acceptors (Lipinski definition) is 3. The van der Waals surface area contributed by atoms with E-state index in [1.54, 1.807) is 0 Å². The molecule has 0 bridgehead atoms. The highest BCUT2D eigenvalue weighted by Crippen LogP contribution is 2.22. The van der Waals surface area contributed by atoms with Crippen LogP contribution in [0.25, 0.3) is 0 Å². The Balaban J connectivity index is 1.74. The van der Waals surface area contributed by atoms with Gasteiger partial charge < -0.3 is 4.90 Å². The van der Waals surface area contributed by atoms with Gasteiger partial charge in [-0.25, -0.2) is 17.2 Å². The van der Waals surface area contributed by atoms with Gasteiger partial charge in [0.25, 0.3) is 0 Å². The zero-order valence-electron chi connectivity index (χ0n) is 13.2. The Morgan fingerprint density at radius 1 is 0.917 bits per heavy atom. The van der Waals surface area contributed by atoms with Gasteiger partial charge in [0.2, 0.25) is 10.0 Å². The van der Waals surface area contributed by atoms with Crippen molar-refractivity contribution in [3.05, 3.63) is 59.7 Å². The summed E-state index contributed by atoms with van der Waals surface area (Å²) in [6.07, 6.45) is 0. The molecular weight excluding hydrogens is 334 g/mol. The predicted octanol–water partition coefficient (Wildman–Crippen LogP) is 2.78. The number of piperazine rings is 1. The maximum atomic E-state index is 13.3. The molecule has 3 rings (SSSR count). The van der Waals surface area contributed by atoms with Crippen molar-refractivity contribution < 1.29 is 17.2 Å². The van der Waals surface area contributed by atoms with Crippen LogP contribution in [-0.2, 0) is 10.0 Å². The minimum atomic E-state index is -3.82. The summed E-state index contributed by atoms with van der Waals surface area (Å²) in [5.41, 5.74) is 2.20. The van der Waals surface area contributed by atoms with Gasteiger partial charge in [-0.1, -0.05) is 12.1 Å². The van der Waals surface area contributed by atoms with E-state index >= 15 is 0 Å². The third-order valence-corrected chi connectivity index (χ3v) is 6.03. The lowest BCUT2D eigenvalue weighted by atomic mass is 10.2. The molecule has 0 N–H and O–H groups in total. The van der Waals surface area contributed by atoms with E-state index in [0.29, 0.717) is 26.2 Å². The highest BCUT2D eigenvalue weighted by molar-refractivity contribution is 7.89. The molecule has 4 nitrogen and oxygen atoms in total. The minimum Gasteiger partial charge on any atom is -0.369 e. The van der Waals surface area contributed by atoms with Gasteiger partial charge in [-0.3, -0.25) is 0 Å². The van der Waals surface area contributed by atoms with Crippen LogP contribution in [0.1, 0.15) is 5.56 Å². The van der Waals surface area contributed by atoms with Crippen LogP contribution in [-0.4, -0.2) is 38.9 Å². The highest BCUT2D eigenvalue weighted by Gasteiger charge is 2.29. The van der Waals surface area contributed by atoms with Crippen LogP contribution in [0.2, 0.25) is 0 Å². The van der Waals surface area contributed by atoms with Gasteiger partial charge in [-0.05, 0) is 42.8 Å². The van der Waals surface area contributed by atoms with Gasteiger partial charge in [-0.2, -0.15) is 4.31 Å². The van der Waals surface area contributed by atoms with Crippen molar-refractivity contribution in [2.75, 3.05) is 31.1 Å². The van der Waals surface area contributed by atoms with Crippen molar-refractivity contribution >= 4 is 15.7 Å². The smallest absolute Gasteiger partial charge is 0.243 e. The molecule has 2 aromatic carbocycles. The fraction of sp³-hybridized carbons (Fsp3) is 0.294. The normalized spacial score (nSPS) is 16.4. The van der Waals surface area contributed by atoms with Crippen LogP contribution in [0.3, 0.4) is 0 Å². The Hall–Kier alpha value is -1.99. The first-order valence-corrected chi connectivity index (χ1v) is 9.09. The molecule has 0 saturated carbocycles. The highest BCUT2D eigenvalue weighted by atomic mass is 32.2. The van der Waals surface area contributed by atoms with Gasteiger partial charge in [0.05, 0.1) is 4.90 Å². The molecule has 0 spiro atoms. The molecule has 0 atom stereocenters. The van der Waals surface area contributed by atoms with Crippen molar-refractivity contribution in [1.29, 1.82) is 0 Å². The minimum absolute atomic E-state index is 0.217. The number of anilines is 1. The summed E-state index contributed by atoms with van der Waals surface area (Å²) in [5.74, 6) is -2.22. The van der Waals surface area contributed by atoms with E-state index in [0.717, 1.165) is 29.4 Å². The summed E-state index contributed by atoms with van der Waals surface area (Å²) in [5, 5.41) is 0. The molecule has 0 radical (unpaired) electrons. The Morgan fingerprint density at radius 3 is 2.25 bits per heavy atom. The standard InChI is InChI=1S/C17H18F2N2O2S/c1-13-3-2-4-14(11-13)20-7-9-21(10-8-20)24(22,23)15-5-6-16(18)17(19)12-15/h2-6,11-12H,7-10H2,1H3. The molecule has 128 valence electrons. The van der Waals surface area contributed by atoms with Gasteiger partial charge >= 0.3 is 0 Å². The molecule has 7 heteroatoms. The third-order valence-electron chi connectivity index (χ3n) is 4.13. The second kappa shape index (κ2) is 6.49. The molecular formula is C17H18F2N2O2S. The first-order chi connectivity index (χ1) is 11.4. The molecule has 0 aromatic heterocycles. The largest absolute Gasteiger partial charge is 0.369 e. The van der Waals surface area contributed by atoms with Gasteiger partial charge in [-0.15, -0.1) is 0 Å². The van der Waals surface area contributed by atoms with E-state index in [2.05, 4.69) is 11.0 Å². The molecule has 1 aliphatic rings. The zero-order valence-corrected chi connectivity index (χ0v) is 14.1. The van der Waals surface area contributed by atoms with Crippen molar-refractivity contribution in [1.82, 2.24) is 4.31 Å². The Kier molecular flexibility index (Phi) is 4.56. The number of hydrogen-bond donors (Lipinski definition) is 0. The zero-order chi connectivity index (χ0) is 17.3. The topological polar surface area (TPSA) is 40.6 Å². The van der Waals surface area contributed by atoms with E-state index in [9.17, 15) is 17.2 Å². The third kappa shape index (κ3) is 3.27. The maximum absolute atomic E-state index is 13.3. The van der Waals surface area contributed by atoms with E-state index < -0.39 is 21.7 Å². The van der Waals surface area contributed by atoms with Crippen molar-refractivity contribution in [2.24, 2.45) is 0 Å². The van der Waals surface area contributed by atoms with E-state index in [4.69, 9.17) is 0 Å². The van der Waals surface area contributed by atoms with Gasteiger partial charge in [0.1, 0.15) is 0 Å². The Bertz CT molecular complexity index is 847. The van der Waals surface area contributed by atoms with Crippen LogP contribution >= 0.6 is 0 Å². The molecule has 1 heterocycles. The first-order valence-electron chi connectivity index (χ1n) is 7.65. The second-order valence-corrected chi connectivity index (χ2v) is 7.74. The van der Waals surface area contributed by atoms with Crippen LogP contribution in [0.5, 0.6) is 0 Å². The number of benzene rings is 2. The van der Waals surface area contributed by atoms with Gasteiger partial charge in [0.15, 0.2) is 11.6 Å². The summed E-state index contributed by atoms with van der Waals surface area (Å²) >= 11 is 0. The molecule has 1 saturated heterocycles. The molecule has 2 aromatic rings. The SMILES string of the molecule is Cc1cccc(N2CCN(S(=O)(=O)c3ccc(F)c(F)c3)CC2)c1. The number of halogens is 2. The van der Waals surface area contributed by atoms with E-state index in [-0.39, 0.29) is 4.90 Å². The maximum Gasteiger partial charge on any atom is 0.243 e. The summed E-state index contributed by atoms with van der Waals surface area (Å²) in [6.45, 7) is 3.70. The molecule has 1 aliphatic heterocycles. The summed E-state index contributed by atoms with van der Waals surface area (Å²) < 4.78 is 52.8. The average Bonchev–Trinajstić information content (AvgIpc) is 2.57. The van der Waals surface area contributed by atoms with E-state index in [1.807, 2.05) is 25.1 Å². The molecule has 0 unspecified atom stereocenters. The van der Waals surface area contributed by atoms with Gasteiger partial charge in [0, 0.05) is 31.9 Å². The monoisotopic (exact) mass is 352 g/mol. The molecule has 0 amide bonds. The van der Waals surface area contributed by atoms with Crippen LogP contribution in [0, 0.1) is 18.6 Å². The lowest BCUT2D eigenvalue weighted by Crippen LogP contribution is -2.48. The lowest BCUT2D eigenvalue weighted by Gasteiger charge is -2.35. The second-order valence-electron chi connectivity index (χ2n) is 5.81. The van der Waals surface area contributed by atoms with E-state index in [1.165, 1.54) is 4.31 Å². The Morgan fingerprint density at radius 2 is 1.62 bits per heavy atom. The molecule has 24 heavy (non-hydrogen) atoms. The average molecular weight is 352 g/mol. The number of nitrogens with zero attached hydrogens (tertiary/aromatic N) is 2. The first kappa shape index (κ1) is 16.9. The number of sulfonamides is 1. The van der Waals surface area contributed by atoms with Crippen molar-refractivity contribution in [3.8, 4) is 0 Å². The van der Waals surface area contributed by atoms with Crippen molar-refractivity contribution in [2.45, 2.75) is 11.8 Å². The number of rotatable bonds is 3.